The Balaban J connectivity index is 2.21. The van der Waals surface area contributed by atoms with Crippen LogP contribution in [-0.2, 0) is 4.79 Å². The molecule has 1 amide bonds. The van der Waals surface area contributed by atoms with E-state index >= 15 is 0 Å². The zero-order valence-corrected chi connectivity index (χ0v) is 13.5. The van der Waals surface area contributed by atoms with E-state index in [1.165, 1.54) is 14.2 Å². The van der Waals surface area contributed by atoms with E-state index < -0.39 is 5.92 Å². The predicted octanol–water partition coefficient (Wildman–Crippen LogP) is 1.28. The summed E-state index contributed by atoms with van der Waals surface area (Å²) in [5.74, 6) is 0.177. The van der Waals surface area contributed by atoms with Gasteiger partial charge < -0.3 is 24.9 Å². The van der Waals surface area contributed by atoms with Crippen LogP contribution in [0.25, 0.3) is 0 Å². The molecule has 1 aliphatic heterocycles. The number of ether oxygens (including phenoxy) is 2. The number of nitrogens with one attached hydrogen (secondary N) is 2. The Hall–Kier alpha value is -3.03. The molecule has 3 N–H and O–H groups in total. The number of carbonyl (C=O) groups is 1. The molecule has 24 heavy (non-hydrogen) atoms. The number of hydrogen-bond donors (Lipinski definition) is 3. The average Bonchev–Trinajstić information content (AvgIpc) is 2.53. The summed E-state index contributed by atoms with van der Waals surface area (Å²) in [4.78, 5) is 31.3. The summed E-state index contributed by atoms with van der Waals surface area (Å²) in [6.45, 7) is 1.64. The number of anilines is 1. The van der Waals surface area contributed by atoms with Crippen LogP contribution in [0.4, 0.5) is 5.82 Å². The molecule has 8 heteroatoms. The summed E-state index contributed by atoms with van der Waals surface area (Å²) in [6, 6.07) is 3.17. The minimum Gasteiger partial charge on any atom is -0.502 e. The van der Waals surface area contributed by atoms with E-state index in [0.29, 0.717) is 17.0 Å². The fraction of sp³-hybridized carbons (Fsp3) is 0.312. The Bertz CT molecular complexity index is 849. The highest BCUT2D eigenvalue weighted by Crippen LogP contribution is 2.42. The van der Waals surface area contributed by atoms with Gasteiger partial charge in [0.25, 0.3) is 5.56 Å². The van der Waals surface area contributed by atoms with Crippen LogP contribution >= 0.6 is 0 Å². The van der Waals surface area contributed by atoms with Gasteiger partial charge in [-0.2, -0.15) is 0 Å². The van der Waals surface area contributed by atoms with E-state index in [2.05, 4.69) is 15.3 Å². The number of rotatable bonds is 3. The van der Waals surface area contributed by atoms with Crippen LogP contribution in [0.1, 0.15) is 29.3 Å². The van der Waals surface area contributed by atoms with Crippen molar-refractivity contribution in [3.05, 3.63) is 39.4 Å². The van der Waals surface area contributed by atoms with Crippen LogP contribution < -0.4 is 20.3 Å². The topological polar surface area (TPSA) is 114 Å². The summed E-state index contributed by atoms with van der Waals surface area (Å²) in [5, 5.41) is 12.7. The molecule has 2 heterocycles. The number of methoxy groups -OCH3 is 2. The number of aromatic hydroxyl groups is 1. The number of nitrogens with zero attached hydrogens (tertiary/aromatic N) is 1. The summed E-state index contributed by atoms with van der Waals surface area (Å²) in [6.07, 6.45) is 0.0813. The largest absolute Gasteiger partial charge is 0.502 e. The number of H-pyrrole nitrogens is 1. The van der Waals surface area contributed by atoms with Crippen molar-refractivity contribution in [2.24, 2.45) is 0 Å². The molecule has 1 atom stereocenters. The molecule has 1 aliphatic rings. The average molecular weight is 331 g/mol. The molecule has 0 radical (unpaired) electrons. The van der Waals surface area contributed by atoms with Crippen molar-refractivity contribution in [1.29, 1.82) is 0 Å². The first-order chi connectivity index (χ1) is 11.4. The zero-order valence-electron chi connectivity index (χ0n) is 13.5. The lowest BCUT2D eigenvalue weighted by molar-refractivity contribution is -0.116. The molecule has 0 aliphatic carbocycles. The van der Waals surface area contributed by atoms with E-state index in [1.54, 1.807) is 19.1 Å². The molecule has 0 unspecified atom stereocenters. The molecule has 0 fully saturated rings. The number of phenols is 1. The molecule has 8 nitrogen and oxygen atoms in total. The molecule has 0 bridgehead atoms. The number of aromatic nitrogens is 2. The predicted molar refractivity (Wildman–Crippen MR) is 85.9 cm³/mol. The maximum atomic E-state index is 12.4. The molecule has 0 saturated heterocycles. The van der Waals surface area contributed by atoms with E-state index in [0.717, 1.165) is 0 Å². The van der Waals surface area contributed by atoms with E-state index in [4.69, 9.17) is 9.47 Å². The van der Waals surface area contributed by atoms with Gasteiger partial charge in [0, 0.05) is 12.3 Å². The van der Waals surface area contributed by atoms with Crippen LogP contribution in [0.5, 0.6) is 17.2 Å². The second-order valence-corrected chi connectivity index (χ2v) is 5.49. The van der Waals surface area contributed by atoms with Crippen molar-refractivity contribution in [2.75, 3.05) is 19.5 Å². The first kappa shape index (κ1) is 15.9. The fourth-order valence-electron chi connectivity index (χ4n) is 2.88. The van der Waals surface area contributed by atoms with E-state index in [9.17, 15) is 14.7 Å². The second-order valence-electron chi connectivity index (χ2n) is 5.49. The van der Waals surface area contributed by atoms with Gasteiger partial charge in [0.2, 0.25) is 11.7 Å². The van der Waals surface area contributed by atoms with Crippen molar-refractivity contribution in [3.8, 4) is 17.2 Å². The number of phenolic OH excluding ortho intramolecular Hbond substituents is 1. The first-order valence-corrected chi connectivity index (χ1v) is 7.30. The SMILES string of the molecule is COc1cc([C@@H]2CC(=O)Nc3nc(C)[nH]c(=O)c32)cc(OC)c1O. The van der Waals surface area contributed by atoms with Crippen LogP contribution in [-0.4, -0.2) is 35.2 Å². The third-order valence-electron chi connectivity index (χ3n) is 3.97. The molecular formula is C16H17N3O5. The van der Waals surface area contributed by atoms with Gasteiger partial charge in [-0.25, -0.2) is 4.98 Å². The van der Waals surface area contributed by atoms with Gasteiger partial charge in [-0.3, -0.25) is 9.59 Å². The van der Waals surface area contributed by atoms with Gasteiger partial charge in [0.1, 0.15) is 11.6 Å². The minimum absolute atomic E-state index is 0.0813. The second kappa shape index (κ2) is 5.88. The monoisotopic (exact) mass is 331 g/mol. The van der Waals surface area contributed by atoms with Crippen molar-refractivity contribution >= 4 is 11.7 Å². The van der Waals surface area contributed by atoms with Crippen LogP contribution in [0.15, 0.2) is 16.9 Å². The summed E-state index contributed by atoms with van der Waals surface area (Å²) in [7, 11) is 2.83. The van der Waals surface area contributed by atoms with Crippen LogP contribution in [0.2, 0.25) is 0 Å². The fourth-order valence-corrected chi connectivity index (χ4v) is 2.88. The number of aryl methyl sites for hydroxylation is 1. The smallest absolute Gasteiger partial charge is 0.256 e. The highest BCUT2D eigenvalue weighted by Gasteiger charge is 2.31. The number of aromatic amines is 1. The van der Waals surface area contributed by atoms with Gasteiger partial charge in [-0.05, 0) is 24.6 Å². The number of fused-ring (bicyclic) bond motifs is 1. The Morgan fingerprint density at radius 2 is 1.83 bits per heavy atom. The van der Waals surface area contributed by atoms with E-state index in [1.807, 2.05) is 0 Å². The van der Waals surface area contributed by atoms with Crippen molar-refractivity contribution in [2.45, 2.75) is 19.3 Å². The van der Waals surface area contributed by atoms with Crippen molar-refractivity contribution in [1.82, 2.24) is 9.97 Å². The third-order valence-corrected chi connectivity index (χ3v) is 3.97. The quantitative estimate of drug-likeness (QED) is 0.780. The van der Waals surface area contributed by atoms with Gasteiger partial charge in [0.05, 0.1) is 19.8 Å². The number of benzene rings is 1. The maximum absolute atomic E-state index is 12.4. The van der Waals surface area contributed by atoms with Gasteiger partial charge in [-0.15, -0.1) is 0 Å². The normalized spacial score (nSPS) is 16.3. The summed E-state index contributed by atoms with van der Waals surface area (Å²) in [5.41, 5.74) is 0.678. The van der Waals surface area contributed by atoms with Crippen molar-refractivity contribution in [3.63, 3.8) is 0 Å². The van der Waals surface area contributed by atoms with E-state index in [-0.39, 0.29) is 41.0 Å². The molecular weight excluding hydrogens is 314 g/mol. The van der Waals surface area contributed by atoms with Crippen molar-refractivity contribution < 1.29 is 19.4 Å². The Morgan fingerprint density at radius 3 is 2.42 bits per heavy atom. The van der Waals surface area contributed by atoms with Crippen LogP contribution in [0.3, 0.4) is 0 Å². The number of hydrogen-bond acceptors (Lipinski definition) is 6. The molecule has 0 spiro atoms. The molecule has 126 valence electrons. The summed E-state index contributed by atoms with van der Waals surface area (Å²) < 4.78 is 10.3. The lowest BCUT2D eigenvalue weighted by Crippen LogP contribution is -2.31. The molecule has 3 rings (SSSR count). The molecule has 1 aromatic carbocycles. The van der Waals surface area contributed by atoms with Crippen LogP contribution in [0, 0.1) is 6.92 Å². The zero-order chi connectivity index (χ0) is 17.4. The maximum Gasteiger partial charge on any atom is 0.256 e. The molecule has 2 aromatic rings. The third kappa shape index (κ3) is 2.55. The van der Waals surface area contributed by atoms with Gasteiger partial charge in [0.15, 0.2) is 11.5 Å². The number of amides is 1. The highest BCUT2D eigenvalue weighted by molar-refractivity contribution is 5.94. The Kier molecular flexibility index (Phi) is 3.88. The molecule has 1 aromatic heterocycles. The lowest BCUT2D eigenvalue weighted by atomic mass is 9.86. The summed E-state index contributed by atoms with van der Waals surface area (Å²) >= 11 is 0. The lowest BCUT2D eigenvalue weighted by Gasteiger charge is -2.25. The first-order valence-electron chi connectivity index (χ1n) is 7.30. The number of carbonyl (C=O) groups excluding carboxylic acids is 1. The Morgan fingerprint density at radius 1 is 1.21 bits per heavy atom. The van der Waals surface area contributed by atoms with Gasteiger partial charge >= 0.3 is 0 Å². The standard InChI is InChI=1S/C16H17N3O5/c1-7-17-15-13(16(22)18-7)9(6-12(20)19-15)8-4-10(23-2)14(21)11(5-8)24-3/h4-5,9,21H,6H2,1-3H3,(H2,17,18,19,20,22)/t9-/m0/s1. The molecule has 0 saturated carbocycles. The Labute approximate surface area is 137 Å². The minimum atomic E-state index is -0.519. The highest BCUT2D eigenvalue weighted by atomic mass is 16.5. The van der Waals surface area contributed by atoms with Gasteiger partial charge in [-0.1, -0.05) is 0 Å².